The van der Waals surface area contributed by atoms with Crippen molar-refractivity contribution in [2.45, 2.75) is 38.0 Å². The first-order valence-electron chi connectivity index (χ1n) is 6.48. The van der Waals surface area contributed by atoms with Crippen LogP contribution in [-0.2, 0) is 20.3 Å². The van der Waals surface area contributed by atoms with E-state index in [2.05, 4.69) is 5.32 Å². The van der Waals surface area contributed by atoms with E-state index in [0.717, 1.165) is 0 Å². The van der Waals surface area contributed by atoms with E-state index >= 15 is 0 Å². The van der Waals surface area contributed by atoms with Crippen molar-refractivity contribution >= 4 is 22.8 Å². The molecule has 8 heteroatoms. The molecule has 0 aromatic heterocycles. The SMILES string of the molecule is COC1CC(C(=O)O)N(C(=O)NC(C)CCS(C)=O)C1. The van der Waals surface area contributed by atoms with Crippen LogP contribution in [0.15, 0.2) is 0 Å². The number of carboxylic acid groups (broad SMARTS) is 1. The average Bonchev–Trinajstić information content (AvgIpc) is 2.80. The van der Waals surface area contributed by atoms with Crippen LogP contribution in [0.25, 0.3) is 0 Å². The Hall–Kier alpha value is -1.15. The fourth-order valence-corrected chi connectivity index (χ4v) is 2.82. The Kier molecular flexibility index (Phi) is 6.41. The Morgan fingerprint density at radius 3 is 2.70 bits per heavy atom. The number of aliphatic carboxylic acids is 1. The Bertz CT molecular complexity index is 390. The minimum absolute atomic E-state index is 0.151. The third-order valence-electron chi connectivity index (χ3n) is 3.35. The Balaban J connectivity index is 2.56. The maximum atomic E-state index is 12.1. The van der Waals surface area contributed by atoms with Gasteiger partial charge in [-0.05, 0) is 13.3 Å². The molecule has 1 heterocycles. The number of nitrogens with one attached hydrogen (secondary N) is 1. The molecule has 0 aliphatic carbocycles. The van der Waals surface area contributed by atoms with Crippen LogP contribution in [0.3, 0.4) is 0 Å². The van der Waals surface area contributed by atoms with E-state index in [-0.39, 0.29) is 18.7 Å². The number of rotatable bonds is 6. The predicted octanol–water partition coefficient (Wildman–Crippen LogP) is 0.0270. The van der Waals surface area contributed by atoms with Gasteiger partial charge in [-0.25, -0.2) is 9.59 Å². The van der Waals surface area contributed by atoms with Gasteiger partial charge >= 0.3 is 12.0 Å². The average molecular weight is 306 g/mol. The molecule has 0 saturated carbocycles. The summed E-state index contributed by atoms with van der Waals surface area (Å²) < 4.78 is 16.1. The maximum Gasteiger partial charge on any atom is 0.326 e. The zero-order valence-corrected chi connectivity index (χ0v) is 12.8. The highest BCUT2D eigenvalue weighted by Gasteiger charge is 2.40. The molecule has 0 aromatic rings. The Morgan fingerprint density at radius 2 is 2.20 bits per heavy atom. The molecule has 1 aliphatic rings. The second kappa shape index (κ2) is 7.58. The summed E-state index contributed by atoms with van der Waals surface area (Å²) in [7, 11) is 0.601. The first-order chi connectivity index (χ1) is 9.35. The standard InChI is InChI=1S/C12H22N2O5S/c1-8(4-5-20(3)18)13-12(17)14-7-9(19-2)6-10(14)11(15)16/h8-10H,4-7H2,1-3H3,(H,13,17)(H,15,16). The van der Waals surface area contributed by atoms with E-state index in [4.69, 9.17) is 9.84 Å². The lowest BCUT2D eigenvalue weighted by atomic mass is 10.2. The van der Waals surface area contributed by atoms with E-state index in [0.29, 0.717) is 18.6 Å². The van der Waals surface area contributed by atoms with Gasteiger partial charge in [-0.2, -0.15) is 0 Å². The van der Waals surface area contributed by atoms with Crippen LogP contribution in [0.1, 0.15) is 19.8 Å². The minimum atomic E-state index is -1.03. The lowest BCUT2D eigenvalue weighted by Gasteiger charge is -2.24. The quantitative estimate of drug-likeness (QED) is 0.721. The molecule has 1 fully saturated rings. The molecule has 4 unspecified atom stereocenters. The van der Waals surface area contributed by atoms with Gasteiger partial charge in [-0.1, -0.05) is 0 Å². The molecule has 1 rings (SSSR count). The Labute approximate surface area is 121 Å². The predicted molar refractivity (Wildman–Crippen MR) is 75.1 cm³/mol. The fourth-order valence-electron chi connectivity index (χ4n) is 2.14. The van der Waals surface area contributed by atoms with E-state index in [9.17, 15) is 13.8 Å². The molecule has 2 N–H and O–H groups in total. The van der Waals surface area contributed by atoms with Crippen LogP contribution in [0, 0.1) is 0 Å². The second-order valence-corrected chi connectivity index (χ2v) is 6.57. The summed E-state index contributed by atoms with van der Waals surface area (Å²) in [6.07, 6.45) is 2.25. The molecule has 20 heavy (non-hydrogen) atoms. The third-order valence-corrected chi connectivity index (χ3v) is 4.16. The number of ether oxygens (including phenoxy) is 1. The van der Waals surface area contributed by atoms with Crippen LogP contribution in [-0.4, -0.2) is 70.1 Å². The van der Waals surface area contributed by atoms with Crippen molar-refractivity contribution < 1.29 is 23.6 Å². The topological polar surface area (TPSA) is 95.9 Å². The van der Waals surface area contributed by atoms with Crippen molar-refractivity contribution in [1.29, 1.82) is 0 Å². The van der Waals surface area contributed by atoms with Crippen LogP contribution in [0.2, 0.25) is 0 Å². The molecule has 4 atom stereocenters. The summed E-state index contributed by atoms with van der Waals surface area (Å²) in [6.45, 7) is 2.08. The molecule has 0 radical (unpaired) electrons. The van der Waals surface area contributed by atoms with E-state index in [1.807, 2.05) is 6.92 Å². The van der Waals surface area contributed by atoms with Crippen molar-refractivity contribution in [1.82, 2.24) is 10.2 Å². The van der Waals surface area contributed by atoms with Gasteiger partial charge < -0.3 is 20.1 Å². The fraction of sp³-hybridized carbons (Fsp3) is 0.833. The number of amides is 2. The van der Waals surface area contributed by atoms with Gasteiger partial charge in [0.1, 0.15) is 6.04 Å². The molecule has 1 saturated heterocycles. The number of nitrogens with zero attached hydrogens (tertiary/aromatic N) is 1. The molecule has 0 spiro atoms. The molecular formula is C12H22N2O5S. The van der Waals surface area contributed by atoms with E-state index in [1.54, 1.807) is 6.26 Å². The van der Waals surface area contributed by atoms with Crippen LogP contribution in [0.5, 0.6) is 0 Å². The molecule has 0 aromatic carbocycles. The highest BCUT2D eigenvalue weighted by molar-refractivity contribution is 7.84. The van der Waals surface area contributed by atoms with Gasteiger partial charge in [0.05, 0.1) is 6.10 Å². The van der Waals surface area contributed by atoms with Crippen molar-refractivity contribution in [3.05, 3.63) is 0 Å². The third kappa shape index (κ3) is 4.75. The number of likely N-dealkylation sites (tertiary alicyclic amines) is 1. The van der Waals surface area contributed by atoms with E-state index in [1.165, 1.54) is 12.0 Å². The molecule has 0 bridgehead atoms. The number of urea groups is 1. The summed E-state index contributed by atoms with van der Waals surface area (Å²) in [5.41, 5.74) is 0. The summed E-state index contributed by atoms with van der Waals surface area (Å²) in [4.78, 5) is 24.5. The lowest BCUT2D eigenvalue weighted by molar-refractivity contribution is -0.141. The molecular weight excluding hydrogens is 284 g/mol. The highest BCUT2D eigenvalue weighted by Crippen LogP contribution is 2.20. The zero-order valence-electron chi connectivity index (χ0n) is 12.0. The van der Waals surface area contributed by atoms with E-state index < -0.39 is 28.8 Å². The number of methoxy groups -OCH3 is 1. The van der Waals surface area contributed by atoms with Crippen LogP contribution < -0.4 is 5.32 Å². The number of carbonyl (C=O) groups excluding carboxylic acids is 1. The van der Waals surface area contributed by atoms with Crippen molar-refractivity contribution in [3.8, 4) is 0 Å². The Morgan fingerprint density at radius 1 is 1.55 bits per heavy atom. The zero-order chi connectivity index (χ0) is 15.3. The molecule has 2 amide bonds. The van der Waals surface area contributed by atoms with Gasteiger partial charge in [0.2, 0.25) is 0 Å². The first kappa shape index (κ1) is 16.9. The number of carboxylic acids is 1. The van der Waals surface area contributed by atoms with Gasteiger partial charge in [0.15, 0.2) is 0 Å². The number of hydrogen-bond donors (Lipinski definition) is 2. The molecule has 7 nitrogen and oxygen atoms in total. The smallest absolute Gasteiger partial charge is 0.326 e. The molecule has 1 aliphatic heterocycles. The monoisotopic (exact) mass is 306 g/mol. The van der Waals surface area contributed by atoms with Crippen LogP contribution in [0.4, 0.5) is 4.79 Å². The normalized spacial score (nSPS) is 25.2. The summed E-state index contributed by atoms with van der Waals surface area (Å²) >= 11 is 0. The largest absolute Gasteiger partial charge is 0.480 e. The minimum Gasteiger partial charge on any atom is -0.480 e. The van der Waals surface area contributed by atoms with Crippen molar-refractivity contribution in [2.24, 2.45) is 0 Å². The van der Waals surface area contributed by atoms with Gasteiger partial charge in [0, 0.05) is 48.9 Å². The van der Waals surface area contributed by atoms with Gasteiger partial charge in [-0.15, -0.1) is 0 Å². The first-order valence-corrected chi connectivity index (χ1v) is 8.20. The summed E-state index contributed by atoms with van der Waals surface area (Å²) in [5, 5.41) is 11.9. The second-order valence-electron chi connectivity index (χ2n) is 5.02. The lowest BCUT2D eigenvalue weighted by Crippen LogP contribution is -2.48. The van der Waals surface area contributed by atoms with Gasteiger partial charge in [-0.3, -0.25) is 4.21 Å². The van der Waals surface area contributed by atoms with Crippen molar-refractivity contribution in [3.63, 3.8) is 0 Å². The summed E-state index contributed by atoms with van der Waals surface area (Å²) in [5.74, 6) is -0.521. The molecule has 116 valence electrons. The number of carbonyl (C=O) groups is 2. The number of hydrogen-bond acceptors (Lipinski definition) is 4. The van der Waals surface area contributed by atoms with Crippen LogP contribution >= 0.6 is 0 Å². The maximum absolute atomic E-state index is 12.1. The summed E-state index contributed by atoms with van der Waals surface area (Å²) in [6, 6.07) is -1.42. The van der Waals surface area contributed by atoms with Gasteiger partial charge in [0.25, 0.3) is 0 Å². The highest BCUT2D eigenvalue weighted by atomic mass is 32.2. The van der Waals surface area contributed by atoms with Crippen molar-refractivity contribution in [2.75, 3.05) is 25.7 Å².